The van der Waals surface area contributed by atoms with Gasteiger partial charge in [0.05, 0.1) is 10.5 Å². The Morgan fingerprint density at radius 1 is 1.58 bits per heavy atom. The van der Waals surface area contributed by atoms with Gasteiger partial charge in [0.15, 0.2) is 10.4 Å². The summed E-state index contributed by atoms with van der Waals surface area (Å²) in [7, 11) is 0. The largest absolute Gasteiger partial charge is 0.329 e. The first-order chi connectivity index (χ1) is 9.17. The van der Waals surface area contributed by atoms with Crippen LogP contribution in [-0.4, -0.2) is 39.1 Å². The van der Waals surface area contributed by atoms with E-state index in [0.29, 0.717) is 10.9 Å². The van der Waals surface area contributed by atoms with Gasteiger partial charge in [-0.3, -0.25) is 0 Å². The van der Waals surface area contributed by atoms with Crippen molar-refractivity contribution in [2.45, 2.75) is 19.9 Å². The molecule has 2 aromatic rings. The summed E-state index contributed by atoms with van der Waals surface area (Å²) < 4.78 is 2.84. The number of fused-ring (bicyclic) bond motifs is 1. The first kappa shape index (κ1) is 13.1. The number of hydrogen-bond acceptors (Lipinski definition) is 3. The maximum Gasteiger partial charge on any atom is 0.179 e. The molecule has 3 rings (SSSR count). The van der Waals surface area contributed by atoms with Crippen LogP contribution in [0.25, 0.3) is 11.2 Å². The van der Waals surface area contributed by atoms with Gasteiger partial charge in [0.1, 0.15) is 0 Å². The normalized spacial score (nSPS) is 20.4. The minimum absolute atomic E-state index is 0.633. The van der Waals surface area contributed by atoms with Gasteiger partial charge >= 0.3 is 0 Å². The number of halogens is 1. The van der Waals surface area contributed by atoms with Gasteiger partial charge < -0.3 is 14.5 Å². The fourth-order valence-corrected chi connectivity index (χ4v) is 3.22. The lowest BCUT2D eigenvalue weighted by atomic mass is 10.1. The molecule has 0 aliphatic carbocycles. The number of imidazole rings is 1. The molecule has 1 aliphatic heterocycles. The molecule has 1 aliphatic rings. The standard InChI is InChI=1S/C13H17ClN4S/c1-2-17-4-3-9(7-17)8-18-12-11(16-13(18)19)5-10(14)6-15-12/h5-6,9H,2-4,7-8H2,1H3,(H,16,19). The van der Waals surface area contributed by atoms with E-state index >= 15 is 0 Å². The lowest BCUT2D eigenvalue weighted by Gasteiger charge is -2.13. The van der Waals surface area contributed by atoms with Crippen LogP contribution in [0.4, 0.5) is 0 Å². The second-order valence-corrected chi connectivity index (χ2v) is 5.94. The number of likely N-dealkylation sites (tertiary alicyclic amines) is 1. The summed E-state index contributed by atoms with van der Waals surface area (Å²) in [5.41, 5.74) is 1.83. The van der Waals surface area contributed by atoms with Crippen LogP contribution in [0, 0.1) is 10.7 Å². The zero-order chi connectivity index (χ0) is 13.4. The second kappa shape index (κ2) is 5.23. The van der Waals surface area contributed by atoms with E-state index in [1.807, 2.05) is 6.07 Å². The van der Waals surface area contributed by atoms with Gasteiger partial charge in [0.2, 0.25) is 0 Å². The molecule has 1 N–H and O–H groups in total. The van der Waals surface area contributed by atoms with Gasteiger partial charge in [0, 0.05) is 19.3 Å². The van der Waals surface area contributed by atoms with Gasteiger partial charge in [-0.2, -0.15) is 0 Å². The fraction of sp³-hybridized carbons (Fsp3) is 0.538. The minimum Gasteiger partial charge on any atom is -0.329 e. The summed E-state index contributed by atoms with van der Waals surface area (Å²) in [5.74, 6) is 0.656. The van der Waals surface area contributed by atoms with E-state index in [4.69, 9.17) is 23.8 Å². The number of rotatable bonds is 3. The molecule has 1 atom stereocenters. The van der Waals surface area contributed by atoms with Gasteiger partial charge in [-0.05, 0) is 43.7 Å². The summed E-state index contributed by atoms with van der Waals surface area (Å²) in [6.07, 6.45) is 2.91. The first-order valence-corrected chi connectivity index (χ1v) is 7.42. The highest BCUT2D eigenvalue weighted by atomic mass is 35.5. The van der Waals surface area contributed by atoms with Gasteiger partial charge in [0.25, 0.3) is 0 Å². The quantitative estimate of drug-likeness (QED) is 0.884. The highest BCUT2D eigenvalue weighted by molar-refractivity contribution is 7.71. The monoisotopic (exact) mass is 296 g/mol. The molecule has 4 nitrogen and oxygen atoms in total. The van der Waals surface area contributed by atoms with Crippen molar-refractivity contribution in [3.05, 3.63) is 22.1 Å². The Kier molecular flexibility index (Phi) is 3.60. The number of nitrogens with zero attached hydrogens (tertiary/aromatic N) is 3. The molecule has 102 valence electrons. The molecule has 2 aromatic heterocycles. The zero-order valence-electron chi connectivity index (χ0n) is 10.9. The molecule has 1 saturated heterocycles. The lowest BCUT2D eigenvalue weighted by molar-refractivity contribution is 0.333. The molecule has 0 bridgehead atoms. The first-order valence-electron chi connectivity index (χ1n) is 6.63. The van der Waals surface area contributed by atoms with E-state index in [-0.39, 0.29) is 0 Å². The number of hydrogen-bond donors (Lipinski definition) is 1. The molecule has 3 heterocycles. The van der Waals surface area contributed by atoms with Crippen molar-refractivity contribution in [3.63, 3.8) is 0 Å². The molecular formula is C13H17ClN4S. The molecule has 1 unspecified atom stereocenters. The van der Waals surface area contributed by atoms with Crippen LogP contribution in [-0.2, 0) is 6.54 Å². The van der Waals surface area contributed by atoms with Crippen molar-refractivity contribution >= 4 is 35.0 Å². The number of aromatic amines is 1. The summed E-state index contributed by atoms with van der Waals surface area (Å²) in [6, 6.07) is 1.88. The average Bonchev–Trinajstić information content (AvgIpc) is 2.95. The SMILES string of the molecule is CCN1CCC(Cn2c(=S)[nH]c3cc(Cl)cnc32)C1. The average molecular weight is 297 g/mol. The van der Waals surface area contributed by atoms with E-state index in [2.05, 4.69) is 26.4 Å². The van der Waals surface area contributed by atoms with E-state index in [9.17, 15) is 0 Å². The summed E-state index contributed by atoms with van der Waals surface area (Å²) in [6.45, 7) is 6.62. The summed E-state index contributed by atoms with van der Waals surface area (Å²) >= 11 is 11.4. The van der Waals surface area contributed by atoms with Crippen LogP contribution >= 0.6 is 23.8 Å². The Morgan fingerprint density at radius 2 is 2.42 bits per heavy atom. The maximum atomic E-state index is 5.96. The van der Waals surface area contributed by atoms with Crippen LogP contribution < -0.4 is 0 Å². The molecular weight excluding hydrogens is 280 g/mol. The van der Waals surface area contributed by atoms with Crippen LogP contribution in [0.15, 0.2) is 12.3 Å². The van der Waals surface area contributed by atoms with Crippen molar-refractivity contribution in [1.82, 2.24) is 19.4 Å². The van der Waals surface area contributed by atoms with Crippen LogP contribution in [0.3, 0.4) is 0 Å². The van der Waals surface area contributed by atoms with Gasteiger partial charge in [-0.1, -0.05) is 18.5 Å². The van der Waals surface area contributed by atoms with Crippen LogP contribution in [0.1, 0.15) is 13.3 Å². The Labute approximate surface area is 122 Å². The van der Waals surface area contributed by atoms with E-state index in [1.165, 1.54) is 13.0 Å². The number of aromatic nitrogens is 3. The fourth-order valence-electron chi connectivity index (χ4n) is 2.79. The van der Waals surface area contributed by atoms with Crippen molar-refractivity contribution in [2.24, 2.45) is 5.92 Å². The second-order valence-electron chi connectivity index (χ2n) is 5.11. The Balaban J connectivity index is 1.89. The van der Waals surface area contributed by atoms with Gasteiger partial charge in [-0.25, -0.2) is 4.98 Å². The van der Waals surface area contributed by atoms with Crippen molar-refractivity contribution in [3.8, 4) is 0 Å². The summed E-state index contributed by atoms with van der Waals surface area (Å²) in [5, 5.41) is 0.633. The highest BCUT2D eigenvalue weighted by Gasteiger charge is 2.22. The Bertz CT molecular complexity index is 648. The molecule has 0 radical (unpaired) electrons. The molecule has 19 heavy (non-hydrogen) atoms. The number of pyridine rings is 1. The van der Waals surface area contributed by atoms with Crippen LogP contribution in [0.2, 0.25) is 5.02 Å². The third-order valence-electron chi connectivity index (χ3n) is 3.83. The number of H-pyrrole nitrogens is 1. The zero-order valence-corrected chi connectivity index (χ0v) is 12.5. The molecule has 0 aromatic carbocycles. The molecule has 0 saturated carbocycles. The van der Waals surface area contributed by atoms with Crippen molar-refractivity contribution in [1.29, 1.82) is 0 Å². The van der Waals surface area contributed by atoms with Crippen molar-refractivity contribution < 1.29 is 0 Å². The van der Waals surface area contributed by atoms with E-state index in [0.717, 1.165) is 35.6 Å². The van der Waals surface area contributed by atoms with Crippen molar-refractivity contribution in [2.75, 3.05) is 19.6 Å². The topological polar surface area (TPSA) is 36.9 Å². The number of nitrogens with one attached hydrogen (secondary N) is 1. The molecule has 6 heteroatoms. The third kappa shape index (κ3) is 2.55. The maximum absolute atomic E-state index is 5.96. The lowest BCUT2D eigenvalue weighted by Crippen LogP contribution is -2.21. The predicted octanol–water partition coefficient (Wildman–Crippen LogP) is 3.09. The molecule has 0 spiro atoms. The van der Waals surface area contributed by atoms with Gasteiger partial charge in [-0.15, -0.1) is 0 Å². The predicted molar refractivity (Wildman–Crippen MR) is 80.1 cm³/mol. The molecule has 1 fully saturated rings. The van der Waals surface area contributed by atoms with E-state index < -0.39 is 0 Å². The third-order valence-corrected chi connectivity index (χ3v) is 4.36. The van der Waals surface area contributed by atoms with Crippen LogP contribution in [0.5, 0.6) is 0 Å². The van der Waals surface area contributed by atoms with E-state index in [1.54, 1.807) is 6.20 Å². The highest BCUT2D eigenvalue weighted by Crippen LogP contribution is 2.22. The Hall–Kier alpha value is -0.910. The molecule has 0 amide bonds. The smallest absolute Gasteiger partial charge is 0.179 e. The Morgan fingerprint density at radius 3 is 3.16 bits per heavy atom. The minimum atomic E-state index is 0.633. The summed E-state index contributed by atoms with van der Waals surface area (Å²) in [4.78, 5) is 10.1.